The van der Waals surface area contributed by atoms with E-state index in [9.17, 15) is 17.4 Å². The Kier molecular flexibility index (Phi) is 6.69. The summed E-state index contributed by atoms with van der Waals surface area (Å²) in [6.45, 7) is 4.03. The molecule has 2 aromatic carbocycles. The van der Waals surface area contributed by atoms with Crippen molar-refractivity contribution in [3.63, 3.8) is 0 Å². The van der Waals surface area contributed by atoms with Crippen LogP contribution in [-0.2, 0) is 27.4 Å². The fourth-order valence-electron chi connectivity index (χ4n) is 2.20. The number of nitrogens with one attached hydrogen (secondary N) is 2. The van der Waals surface area contributed by atoms with E-state index >= 15 is 0 Å². The van der Waals surface area contributed by atoms with E-state index in [4.69, 9.17) is 0 Å². The third-order valence-electron chi connectivity index (χ3n) is 3.73. The zero-order valence-corrected chi connectivity index (χ0v) is 16.5. The molecule has 0 fully saturated rings. The molecule has 0 radical (unpaired) electrons. The van der Waals surface area contributed by atoms with Gasteiger partial charge < -0.3 is 5.32 Å². The van der Waals surface area contributed by atoms with Gasteiger partial charge in [0.25, 0.3) is 5.91 Å². The molecule has 0 aliphatic rings. The molecule has 140 valence electrons. The lowest BCUT2D eigenvalue weighted by Gasteiger charge is -2.08. The third kappa shape index (κ3) is 5.00. The quantitative estimate of drug-likeness (QED) is 0.752. The lowest BCUT2D eigenvalue weighted by molar-refractivity contribution is 0.0951. The number of carbonyl (C=O) groups is 1. The predicted octanol–water partition coefficient (Wildman–Crippen LogP) is 2.04. The maximum absolute atomic E-state index is 12.2. The molecule has 0 unspecified atom stereocenters. The first-order chi connectivity index (χ1) is 12.2. The maximum atomic E-state index is 12.2. The fourth-order valence-corrected chi connectivity index (χ4v) is 3.88. The molecule has 0 saturated carbocycles. The van der Waals surface area contributed by atoms with E-state index in [0.717, 1.165) is 5.56 Å². The highest BCUT2D eigenvalue weighted by molar-refractivity contribution is 7.89. The van der Waals surface area contributed by atoms with Crippen molar-refractivity contribution in [2.24, 2.45) is 0 Å². The first-order valence-electron chi connectivity index (χ1n) is 8.06. The van der Waals surface area contributed by atoms with Gasteiger partial charge in [-0.3, -0.25) is 9.00 Å². The van der Waals surface area contributed by atoms with Crippen molar-refractivity contribution < 1.29 is 17.4 Å². The minimum Gasteiger partial charge on any atom is -0.348 e. The standard InChI is InChI=1S/C18H22N2O4S2/c1-13(2)25(22)16-8-6-15(7-9-16)18(21)20-12-14-4-10-17(11-5-14)26(23,24)19-3/h4-11,13,19H,12H2,1-3H3,(H,20,21)/t25-/m1/s1. The van der Waals surface area contributed by atoms with Crippen molar-refractivity contribution in [2.45, 2.75) is 35.4 Å². The van der Waals surface area contributed by atoms with Gasteiger partial charge in [0, 0.05) is 22.3 Å². The van der Waals surface area contributed by atoms with Crippen LogP contribution in [0.1, 0.15) is 29.8 Å². The van der Waals surface area contributed by atoms with Crippen LogP contribution in [0.25, 0.3) is 0 Å². The average molecular weight is 395 g/mol. The summed E-state index contributed by atoms with van der Waals surface area (Å²) >= 11 is 0. The van der Waals surface area contributed by atoms with E-state index in [1.165, 1.54) is 19.2 Å². The van der Waals surface area contributed by atoms with Crippen LogP contribution in [0, 0.1) is 0 Å². The highest BCUT2D eigenvalue weighted by Gasteiger charge is 2.12. The Balaban J connectivity index is 1.99. The molecular weight excluding hydrogens is 372 g/mol. The smallest absolute Gasteiger partial charge is 0.251 e. The summed E-state index contributed by atoms with van der Waals surface area (Å²) in [6, 6.07) is 13.0. The summed E-state index contributed by atoms with van der Waals surface area (Å²) in [5.41, 5.74) is 1.26. The molecule has 0 spiro atoms. The first kappa shape index (κ1) is 20.3. The number of amides is 1. The Morgan fingerprint density at radius 3 is 2.12 bits per heavy atom. The molecule has 0 aromatic heterocycles. The van der Waals surface area contributed by atoms with Crippen LogP contribution >= 0.6 is 0 Å². The second-order valence-electron chi connectivity index (χ2n) is 5.90. The van der Waals surface area contributed by atoms with Gasteiger partial charge in [0.2, 0.25) is 10.0 Å². The van der Waals surface area contributed by atoms with Crippen molar-refractivity contribution in [1.82, 2.24) is 10.0 Å². The van der Waals surface area contributed by atoms with Crippen molar-refractivity contribution >= 4 is 26.7 Å². The Morgan fingerprint density at radius 2 is 1.62 bits per heavy atom. The summed E-state index contributed by atoms with van der Waals surface area (Å²) in [4.78, 5) is 13.1. The number of carbonyl (C=O) groups excluding carboxylic acids is 1. The van der Waals surface area contributed by atoms with Gasteiger partial charge in [0.15, 0.2) is 0 Å². The summed E-state index contributed by atoms with van der Waals surface area (Å²) in [7, 11) is -3.20. The molecule has 1 atom stereocenters. The van der Waals surface area contributed by atoms with Gasteiger partial charge in [-0.2, -0.15) is 0 Å². The molecular formula is C18H22N2O4S2. The summed E-state index contributed by atoms with van der Waals surface area (Å²) in [5.74, 6) is -0.251. The lowest BCUT2D eigenvalue weighted by atomic mass is 10.2. The number of benzene rings is 2. The van der Waals surface area contributed by atoms with E-state index in [0.29, 0.717) is 10.5 Å². The number of hydrogen-bond donors (Lipinski definition) is 2. The monoisotopic (exact) mass is 394 g/mol. The van der Waals surface area contributed by atoms with Crippen LogP contribution in [0.3, 0.4) is 0 Å². The molecule has 0 aliphatic carbocycles. The first-order valence-corrected chi connectivity index (χ1v) is 10.8. The van der Waals surface area contributed by atoms with Gasteiger partial charge in [-0.05, 0) is 49.0 Å². The number of hydrogen-bond acceptors (Lipinski definition) is 4. The van der Waals surface area contributed by atoms with Gasteiger partial charge >= 0.3 is 0 Å². The number of sulfonamides is 1. The number of rotatable bonds is 7. The molecule has 6 nitrogen and oxygen atoms in total. The molecule has 8 heteroatoms. The minimum absolute atomic E-state index is 0.0179. The van der Waals surface area contributed by atoms with Crippen LogP contribution in [0.4, 0.5) is 0 Å². The molecule has 26 heavy (non-hydrogen) atoms. The summed E-state index contributed by atoms with van der Waals surface area (Å²) in [5, 5.41) is 2.80. The average Bonchev–Trinajstić information content (AvgIpc) is 2.65. The van der Waals surface area contributed by atoms with Gasteiger partial charge in [0.05, 0.1) is 15.7 Å². The van der Waals surface area contributed by atoms with E-state index in [2.05, 4.69) is 10.0 Å². The van der Waals surface area contributed by atoms with Gasteiger partial charge in [0.1, 0.15) is 0 Å². The SMILES string of the molecule is CNS(=O)(=O)c1ccc(CNC(=O)c2ccc([S@](=O)C(C)C)cc2)cc1. The normalized spacial score (nSPS) is 12.8. The largest absolute Gasteiger partial charge is 0.348 e. The highest BCUT2D eigenvalue weighted by atomic mass is 32.2. The molecule has 0 aliphatic heterocycles. The second-order valence-corrected chi connectivity index (χ2v) is 9.80. The van der Waals surface area contributed by atoms with Crippen LogP contribution < -0.4 is 10.0 Å². The maximum Gasteiger partial charge on any atom is 0.251 e. The van der Waals surface area contributed by atoms with Crippen LogP contribution in [0.15, 0.2) is 58.3 Å². The predicted molar refractivity (Wildman–Crippen MR) is 102 cm³/mol. The Hall–Kier alpha value is -2.03. The van der Waals surface area contributed by atoms with Crippen LogP contribution in [-0.4, -0.2) is 30.8 Å². The minimum atomic E-state index is -3.47. The fraction of sp³-hybridized carbons (Fsp3) is 0.278. The van der Waals surface area contributed by atoms with E-state index < -0.39 is 20.8 Å². The Labute approximate surface area is 156 Å². The second kappa shape index (κ2) is 8.57. The highest BCUT2D eigenvalue weighted by Crippen LogP contribution is 2.13. The van der Waals surface area contributed by atoms with E-state index in [1.54, 1.807) is 36.4 Å². The van der Waals surface area contributed by atoms with E-state index in [1.807, 2.05) is 13.8 Å². The third-order valence-corrected chi connectivity index (χ3v) is 6.76. The lowest BCUT2D eigenvalue weighted by Crippen LogP contribution is -2.23. The molecule has 1 amide bonds. The molecule has 2 N–H and O–H groups in total. The Morgan fingerprint density at radius 1 is 1.04 bits per heavy atom. The van der Waals surface area contributed by atoms with Gasteiger partial charge in [-0.25, -0.2) is 13.1 Å². The molecule has 2 aromatic rings. The summed E-state index contributed by atoms with van der Waals surface area (Å²) in [6.07, 6.45) is 0. The molecule has 0 bridgehead atoms. The molecule has 0 saturated heterocycles. The van der Waals surface area contributed by atoms with Crippen molar-refractivity contribution in [2.75, 3.05) is 7.05 Å². The molecule has 0 heterocycles. The van der Waals surface area contributed by atoms with E-state index in [-0.39, 0.29) is 22.6 Å². The van der Waals surface area contributed by atoms with Crippen molar-refractivity contribution in [1.29, 1.82) is 0 Å². The Bertz CT molecular complexity index is 890. The van der Waals surface area contributed by atoms with Crippen molar-refractivity contribution in [3.05, 3.63) is 59.7 Å². The zero-order chi connectivity index (χ0) is 19.3. The van der Waals surface area contributed by atoms with Crippen LogP contribution in [0.5, 0.6) is 0 Å². The summed E-state index contributed by atoms with van der Waals surface area (Å²) < 4.78 is 37.6. The molecule has 2 rings (SSSR count). The topological polar surface area (TPSA) is 92.3 Å². The van der Waals surface area contributed by atoms with Crippen LogP contribution in [0.2, 0.25) is 0 Å². The zero-order valence-electron chi connectivity index (χ0n) is 14.9. The van der Waals surface area contributed by atoms with Gasteiger partial charge in [-0.15, -0.1) is 0 Å². The van der Waals surface area contributed by atoms with Crippen molar-refractivity contribution in [3.8, 4) is 0 Å². The van der Waals surface area contributed by atoms with Gasteiger partial charge in [-0.1, -0.05) is 26.0 Å².